The number of hydrogen-bond acceptors (Lipinski definition) is 3. The average molecular weight is 415 g/mol. The number of hydrogen-bond donors (Lipinski definition) is 1. The molecule has 2 aliphatic rings. The summed E-state index contributed by atoms with van der Waals surface area (Å²) in [4.78, 5) is 0. The molecule has 1 saturated heterocycles. The smallest absolute Gasteiger partial charge is 0.119 e. The Kier molecular flexibility index (Phi) is 6.79. The number of rotatable bonds is 7. The molecule has 2 unspecified atom stereocenters. The fourth-order valence-electron chi connectivity index (χ4n) is 4.71. The quantitative estimate of drug-likeness (QED) is 0.607. The maximum Gasteiger partial charge on any atom is 0.119 e. The molecule has 1 aliphatic carbocycles. The van der Waals surface area contributed by atoms with E-state index in [2.05, 4.69) is 24.3 Å². The second-order valence-electron chi connectivity index (χ2n) is 8.40. The molecular formula is C25H31ClO3. The highest BCUT2D eigenvalue weighted by Crippen LogP contribution is 2.47. The van der Waals surface area contributed by atoms with Gasteiger partial charge in [-0.1, -0.05) is 55.1 Å². The van der Waals surface area contributed by atoms with Crippen LogP contribution in [0.1, 0.15) is 61.8 Å². The zero-order valence-corrected chi connectivity index (χ0v) is 17.9. The molecule has 2 fully saturated rings. The van der Waals surface area contributed by atoms with E-state index in [-0.39, 0.29) is 18.8 Å². The van der Waals surface area contributed by atoms with E-state index < -0.39 is 0 Å². The Morgan fingerprint density at radius 1 is 1.07 bits per heavy atom. The molecule has 3 nitrogen and oxygen atoms in total. The molecule has 1 saturated carbocycles. The fourth-order valence-corrected chi connectivity index (χ4v) is 4.90. The third-order valence-corrected chi connectivity index (χ3v) is 6.90. The molecule has 29 heavy (non-hydrogen) atoms. The summed E-state index contributed by atoms with van der Waals surface area (Å²) in [5, 5.41) is 10.4. The van der Waals surface area contributed by atoms with Crippen LogP contribution in [-0.4, -0.2) is 24.4 Å². The topological polar surface area (TPSA) is 38.7 Å². The Balaban J connectivity index is 1.55. The normalized spacial score (nSPS) is 24.9. The maximum absolute atomic E-state index is 9.65. The summed E-state index contributed by atoms with van der Waals surface area (Å²) in [6.07, 6.45) is 6.83. The summed E-state index contributed by atoms with van der Waals surface area (Å²) >= 11 is 6.55. The van der Waals surface area contributed by atoms with Crippen LogP contribution in [0.3, 0.4) is 0 Å². The standard InChI is InChI=1S/C25H31ClO3/c1-2-28-21-9-6-17(7-10-21)14-20-15-19(8-13-24(20)26)25-23(18-4-3-5-18)12-11-22(16-27)29-25/h6-10,13,15,18,22-23,25,27H,2-5,11-12,14,16H2,1H3/t22?,23-,25?/m1/s1. The predicted molar refractivity (Wildman–Crippen MR) is 117 cm³/mol. The summed E-state index contributed by atoms with van der Waals surface area (Å²) in [6, 6.07) is 14.6. The number of ether oxygens (including phenoxy) is 2. The van der Waals surface area contributed by atoms with E-state index in [0.717, 1.165) is 41.5 Å². The molecule has 2 aromatic rings. The van der Waals surface area contributed by atoms with Gasteiger partial charge in [-0.3, -0.25) is 0 Å². The van der Waals surface area contributed by atoms with Gasteiger partial charge in [0.05, 0.1) is 25.4 Å². The van der Waals surface area contributed by atoms with Crippen molar-refractivity contribution >= 4 is 11.6 Å². The summed E-state index contributed by atoms with van der Waals surface area (Å²) in [5.74, 6) is 2.20. The molecule has 0 spiro atoms. The summed E-state index contributed by atoms with van der Waals surface area (Å²) in [5.41, 5.74) is 3.53. The second kappa shape index (κ2) is 9.51. The highest BCUT2D eigenvalue weighted by Gasteiger charge is 2.39. The van der Waals surface area contributed by atoms with E-state index in [9.17, 15) is 5.11 Å². The molecule has 1 N–H and O–H groups in total. The fraction of sp³-hybridized carbons (Fsp3) is 0.520. The van der Waals surface area contributed by atoms with Crippen molar-refractivity contribution in [3.05, 3.63) is 64.2 Å². The molecular weight excluding hydrogens is 384 g/mol. The molecule has 0 bridgehead atoms. The van der Waals surface area contributed by atoms with Gasteiger partial charge in [0.2, 0.25) is 0 Å². The van der Waals surface area contributed by atoms with Crippen LogP contribution in [0.2, 0.25) is 5.02 Å². The van der Waals surface area contributed by atoms with E-state index in [1.54, 1.807) is 0 Å². The molecule has 0 aromatic heterocycles. The predicted octanol–water partition coefficient (Wildman–Crippen LogP) is 5.96. The zero-order valence-electron chi connectivity index (χ0n) is 17.1. The summed E-state index contributed by atoms with van der Waals surface area (Å²) < 4.78 is 11.9. The van der Waals surface area contributed by atoms with E-state index >= 15 is 0 Å². The minimum Gasteiger partial charge on any atom is -0.494 e. The average Bonchev–Trinajstić information content (AvgIpc) is 2.70. The summed E-state index contributed by atoms with van der Waals surface area (Å²) in [7, 11) is 0. The summed E-state index contributed by atoms with van der Waals surface area (Å²) in [6.45, 7) is 2.76. The SMILES string of the molecule is CCOc1ccc(Cc2cc(C3OC(CO)CC[C@@H]3C3CCC3)ccc2Cl)cc1. The van der Waals surface area contributed by atoms with Crippen LogP contribution in [0.15, 0.2) is 42.5 Å². The number of aliphatic hydroxyl groups excluding tert-OH is 1. The molecule has 1 aliphatic heterocycles. The first-order chi connectivity index (χ1) is 14.2. The molecule has 2 aromatic carbocycles. The van der Waals surface area contributed by atoms with Crippen LogP contribution in [0, 0.1) is 11.8 Å². The van der Waals surface area contributed by atoms with E-state index in [1.807, 2.05) is 25.1 Å². The van der Waals surface area contributed by atoms with Crippen LogP contribution in [0.5, 0.6) is 5.75 Å². The van der Waals surface area contributed by atoms with E-state index in [1.165, 1.54) is 30.4 Å². The third-order valence-electron chi connectivity index (χ3n) is 6.54. The second-order valence-corrected chi connectivity index (χ2v) is 8.81. The Morgan fingerprint density at radius 2 is 1.86 bits per heavy atom. The van der Waals surface area contributed by atoms with Gasteiger partial charge in [-0.15, -0.1) is 0 Å². The maximum atomic E-state index is 9.65. The van der Waals surface area contributed by atoms with Gasteiger partial charge in [0.25, 0.3) is 0 Å². The molecule has 0 radical (unpaired) electrons. The first kappa shape index (κ1) is 20.7. The minimum absolute atomic E-state index is 0.0541. The number of benzene rings is 2. The van der Waals surface area contributed by atoms with Gasteiger partial charge in [-0.05, 0) is 72.9 Å². The van der Waals surface area contributed by atoms with Crippen LogP contribution < -0.4 is 4.74 Å². The molecule has 1 heterocycles. The lowest BCUT2D eigenvalue weighted by Gasteiger charge is -2.43. The van der Waals surface area contributed by atoms with E-state index in [4.69, 9.17) is 21.1 Å². The van der Waals surface area contributed by atoms with Gasteiger partial charge in [-0.2, -0.15) is 0 Å². The van der Waals surface area contributed by atoms with Gasteiger partial charge in [0.15, 0.2) is 0 Å². The van der Waals surface area contributed by atoms with Crippen molar-refractivity contribution in [1.82, 2.24) is 0 Å². The lowest BCUT2D eigenvalue weighted by molar-refractivity contribution is -0.124. The lowest BCUT2D eigenvalue weighted by Crippen LogP contribution is -2.37. The third kappa shape index (κ3) is 4.79. The van der Waals surface area contributed by atoms with Crippen molar-refractivity contribution in [2.75, 3.05) is 13.2 Å². The Morgan fingerprint density at radius 3 is 2.52 bits per heavy atom. The van der Waals surface area contributed by atoms with Gasteiger partial charge < -0.3 is 14.6 Å². The lowest BCUT2D eigenvalue weighted by atomic mass is 9.69. The van der Waals surface area contributed by atoms with Crippen LogP contribution in [-0.2, 0) is 11.2 Å². The largest absolute Gasteiger partial charge is 0.494 e. The molecule has 4 rings (SSSR count). The Hall–Kier alpha value is -1.55. The molecule has 0 amide bonds. The van der Waals surface area contributed by atoms with Crippen molar-refractivity contribution in [2.45, 2.75) is 57.7 Å². The van der Waals surface area contributed by atoms with Crippen molar-refractivity contribution in [2.24, 2.45) is 11.8 Å². The first-order valence-corrected chi connectivity index (χ1v) is 11.3. The zero-order chi connectivity index (χ0) is 20.2. The van der Waals surface area contributed by atoms with Crippen molar-refractivity contribution in [3.8, 4) is 5.75 Å². The van der Waals surface area contributed by atoms with E-state index in [0.29, 0.717) is 12.5 Å². The van der Waals surface area contributed by atoms with Crippen LogP contribution in [0.4, 0.5) is 0 Å². The highest BCUT2D eigenvalue weighted by atomic mass is 35.5. The van der Waals surface area contributed by atoms with Gasteiger partial charge in [0, 0.05) is 5.02 Å². The van der Waals surface area contributed by atoms with Gasteiger partial charge in [-0.25, -0.2) is 0 Å². The first-order valence-electron chi connectivity index (χ1n) is 10.9. The molecule has 4 heteroatoms. The van der Waals surface area contributed by atoms with Crippen LogP contribution in [0.25, 0.3) is 0 Å². The Bertz CT molecular complexity index is 800. The molecule has 156 valence electrons. The number of aliphatic hydroxyl groups is 1. The highest BCUT2D eigenvalue weighted by molar-refractivity contribution is 6.31. The van der Waals surface area contributed by atoms with Gasteiger partial charge >= 0.3 is 0 Å². The van der Waals surface area contributed by atoms with Crippen molar-refractivity contribution < 1.29 is 14.6 Å². The molecule has 3 atom stereocenters. The minimum atomic E-state index is -0.0541. The monoisotopic (exact) mass is 414 g/mol. The van der Waals surface area contributed by atoms with Crippen molar-refractivity contribution in [3.63, 3.8) is 0 Å². The van der Waals surface area contributed by atoms with Crippen molar-refractivity contribution in [1.29, 1.82) is 0 Å². The van der Waals surface area contributed by atoms with Gasteiger partial charge in [0.1, 0.15) is 5.75 Å². The number of halogens is 1. The Labute approximate surface area is 179 Å². The van der Waals surface area contributed by atoms with Crippen LogP contribution >= 0.6 is 11.6 Å².